The number of pyridine rings is 2. The second-order valence-corrected chi connectivity index (χ2v) is 9.62. The Balaban J connectivity index is 1.61. The number of rotatable bonds is 5. The Kier molecular flexibility index (Phi) is 5.76. The molecule has 35 heavy (non-hydrogen) atoms. The predicted molar refractivity (Wildman–Crippen MR) is 125 cm³/mol. The lowest BCUT2D eigenvalue weighted by molar-refractivity contribution is -0.184. The third-order valence-electron chi connectivity index (χ3n) is 6.54. The van der Waals surface area contributed by atoms with Crippen molar-refractivity contribution in [1.29, 1.82) is 0 Å². The van der Waals surface area contributed by atoms with Crippen LogP contribution in [0.15, 0.2) is 42.6 Å². The molecule has 4 heterocycles. The average Bonchev–Trinajstić information content (AvgIpc) is 3.35. The smallest absolute Gasteiger partial charge is 0.324 e. The summed E-state index contributed by atoms with van der Waals surface area (Å²) in [4.78, 5) is 6.09. The van der Waals surface area contributed by atoms with Gasteiger partial charge in [0.2, 0.25) is 0 Å². The summed E-state index contributed by atoms with van der Waals surface area (Å²) in [7, 11) is 0. The Bertz CT molecular complexity index is 1390. The summed E-state index contributed by atoms with van der Waals surface area (Å²) in [6.45, 7) is 4.17. The largest absolute Gasteiger partial charge is 0.408 e. The van der Waals surface area contributed by atoms with Gasteiger partial charge in [-0.2, -0.15) is 13.2 Å². The van der Waals surface area contributed by atoms with Crippen molar-refractivity contribution in [2.45, 2.75) is 50.9 Å². The number of nitrogens with zero attached hydrogens (tertiary/aromatic N) is 5. The standard InChI is InChI=1S/C25H26F4N6/c1-3-4-15-11-18(26)12-16-5-7-19(31-21(15)16)23-33-32-20-8-6-17(13-35(20)23)22(25(27,28)29)34-10-9-24(2,30)14-34/h5-8,11-13,22H,3-4,9-10,14,30H2,1-2H3/t22-,24-/m1/s1. The molecule has 0 bridgehead atoms. The van der Waals surface area contributed by atoms with Gasteiger partial charge in [-0.3, -0.25) is 9.30 Å². The Morgan fingerprint density at radius 1 is 1.14 bits per heavy atom. The normalized spacial score (nSPS) is 20.2. The molecule has 6 nitrogen and oxygen atoms in total. The van der Waals surface area contributed by atoms with E-state index in [4.69, 9.17) is 10.7 Å². The van der Waals surface area contributed by atoms with Crippen LogP contribution in [-0.2, 0) is 6.42 Å². The van der Waals surface area contributed by atoms with Gasteiger partial charge >= 0.3 is 6.18 Å². The highest BCUT2D eigenvalue weighted by Gasteiger charge is 2.48. The summed E-state index contributed by atoms with van der Waals surface area (Å²) in [5.74, 6) is -0.0108. The molecule has 0 saturated carbocycles. The maximum absolute atomic E-state index is 14.2. The van der Waals surface area contributed by atoms with Gasteiger partial charge in [-0.05, 0) is 55.2 Å². The summed E-state index contributed by atoms with van der Waals surface area (Å²) in [6, 6.07) is 7.49. The average molecular weight is 487 g/mol. The number of alkyl halides is 3. The molecule has 2 atom stereocenters. The molecule has 0 radical (unpaired) electrons. The quantitative estimate of drug-likeness (QED) is 0.399. The first kappa shape index (κ1) is 23.6. The highest BCUT2D eigenvalue weighted by Crippen LogP contribution is 2.41. The molecule has 1 saturated heterocycles. The number of aromatic nitrogens is 4. The van der Waals surface area contributed by atoms with E-state index in [2.05, 4.69) is 10.2 Å². The summed E-state index contributed by atoms with van der Waals surface area (Å²) in [6.07, 6.45) is -1.10. The van der Waals surface area contributed by atoms with Gasteiger partial charge in [0.25, 0.3) is 0 Å². The van der Waals surface area contributed by atoms with Crippen LogP contribution >= 0.6 is 0 Å². The van der Waals surface area contributed by atoms with Gasteiger partial charge in [0.1, 0.15) is 17.6 Å². The maximum Gasteiger partial charge on any atom is 0.408 e. The van der Waals surface area contributed by atoms with Crippen molar-refractivity contribution in [3.63, 3.8) is 0 Å². The van der Waals surface area contributed by atoms with Crippen molar-refractivity contribution in [3.8, 4) is 11.5 Å². The van der Waals surface area contributed by atoms with Gasteiger partial charge in [0, 0.05) is 30.2 Å². The van der Waals surface area contributed by atoms with Crippen molar-refractivity contribution in [1.82, 2.24) is 24.5 Å². The Morgan fingerprint density at radius 2 is 1.94 bits per heavy atom. The molecule has 1 aliphatic rings. The molecular formula is C25H26F4N6. The first-order chi connectivity index (χ1) is 16.6. The van der Waals surface area contributed by atoms with E-state index in [9.17, 15) is 17.6 Å². The molecule has 0 spiro atoms. The maximum atomic E-state index is 14.2. The lowest BCUT2D eigenvalue weighted by Crippen LogP contribution is -2.43. The molecule has 2 N–H and O–H groups in total. The summed E-state index contributed by atoms with van der Waals surface area (Å²) < 4.78 is 58.2. The van der Waals surface area contributed by atoms with Crippen molar-refractivity contribution < 1.29 is 17.6 Å². The predicted octanol–water partition coefficient (Wildman–Crippen LogP) is 5.06. The van der Waals surface area contributed by atoms with Crippen LogP contribution in [0.4, 0.5) is 17.6 Å². The van der Waals surface area contributed by atoms with E-state index in [1.165, 1.54) is 39.8 Å². The van der Waals surface area contributed by atoms with Crippen LogP contribution < -0.4 is 5.73 Å². The van der Waals surface area contributed by atoms with E-state index in [-0.39, 0.29) is 24.5 Å². The van der Waals surface area contributed by atoms with Gasteiger partial charge in [-0.25, -0.2) is 9.37 Å². The Labute approximate surface area is 199 Å². The fourth-order valence-electron chi connectivity index (χ4n) is 4.94. The van der Waals surface area contributed by atoms with Crippen LogP contribution in [0.3, 0.4) is 0 Å². The number of fused-ring (bicyclic) bond motifs is 2. The number of benzene rings is 1. The molecule has 10 heteroatoms. The first-order valence-corrected chi connectivity index (χ1v) is 11.6. The topological polar surface area (TPSA) is 72.3 Å². The monoisotopic (exact) mass is 486 g/mol. The van der Waals surface area contributed by atoms with Crippen LogP contribution in [0.5, 0.6) is 0 Å². The number of halogens is 4. The van der Waals surface area contributed by atoms with Gasteiger partial charge in [0.15, 0.2) is 11.5 Å². The van der Waals surface area contributed by atoms with Crippen LogP contribution in [-0.4, -0.2) is 49.3 Å². The minimum absolute atomic E-state index is 0.0817. The summed E-state index contributed by atoms with van der Waals surface area (Å²) in [5, 5.41) is 8.99. The molecule has 1 aromatic carbocycles. The van der Waals surface area contributed by atoms with E-state index < -0.39 is 17.8 Å². The molecule has 1 aliphatic heterocycles. The van der Waals surface area contributed by atoms with E-state index in [0.717, 1.165) is 12.0 Å². The second-order valence-electron chi connectivity index (χ2n) is 9.62. The van der Waals surface area contributed by atoms with Gasteiger partial charge in [-0.15, -0.1) is 10.2 Å². The fraction of sp³-hybridized carbons (Fsp3) is 0.400. The zero-order chi connectivity index (χ0) is 25.0. The van der Waals surface area contributed by atoms with Crippen molar-refractivity contribution in [2.24, 2.45) is 5.73 Å². The molecule has 0 unspecified atom stereocenters. The zero-order valence-corrected chi connectivity index (χ0v) is 19.5. The molecule has 5 rings (SSSR count). The van der Waals surface area contributed by atoms with Crippen molar-refractivity contribution >= 4 is 16.6 Å². The van der Waals surface area contributed by atoms with Crippen LogP contribution in [0.25, 0.3) is 28.1 Å². The molecule has 0 amide bonds. The van der Waals surface area contributed by atoms with E-state index in [0.29, 0.717) is 40.9 Å². The van der Waals surface area contributed by atoms with E-state index in [1.54, 1.807) is 19.1 Å². The highest BCUT2D eigenvalue weighted by molar-refractivity contribution is 5.84. The Hall–Kier alpha value is -3.11. The third kappa shape index (κ3) is 4.48. The first-order valence-electron chi connectivity index (χ1n) is 11.6. The zero-order valence-electron chi connectivity index (χ0n) is 19.5. The molecular weight excluding hydrogens is 460 g/mol. The van der Waals surface area contributed by atoms with Crippen LogP contribution in [0.1, 0.15) is 43.9 Å². The number of aryl methyl sites for hydroxylation is 1. The number of nitrogens with two attached hydrogens (primary N) is 1. The summed E-state index contributed by atoms with van der Waals surface area (Å²) in [5.41, 5.74) is 7.81. The SMILES string of the molecule is CCCc1cc(F)cc2ccc(-c3nnc4ccc([C@@H](N5CC[C@@](C)(N)C5)C(F)(F)F)cn34)nc12. The lowest BCUT2D eigenvalue weighted by Gasteiger charge is -2.31. The lowest BCUT2D eigenvalue weighted by atomic mass is 10.0. The molecule has 1 fully saturated rings. The van der Waals surface area contributed by atoms with E-state index >= 15 is 0 Å². The summed E-state index contributed by atoms with van der Waals surface area (Å²) >= 11 is 0. The van der Waals surface area contributed by atoms with Crippen molar-refractivity contribution in [2.75, 3.05) is 13.1 Å². The number of likely N-dealkylation sites (tertiary alicyclic amines) is 1. The Morgan fingerprint density at radius 3 is 2.63 bits per heavy atom. The minimum atomic E-state index is -4.48. The van der Waals surface area contributed by atoms with Gasteiger partial charge in [0.05, 0.1) is 5.52 Å². The highest BCUT2D eigenvalue weighted by atomic mass is 19.4. The number of hydrogen-bond donors (Lipinski definition) is 1. The number of hydrogen-bond acceptors (Lipinski definition) is 5. The minimum Gasteiger partial charge on any atom is -0.324 e. The second kappa shape index (κ2) is 8.53. The van der Waals surface area contributed by atoms with E-state index in [1.807, 2.05) is 6.92 Å². The molecule has 4 aromatic rings. The third-order valence-corrected chi connectivity index (χ3v) is 6.54. The molecule has 184 valence electrons. The van der Waals surface area contributed by atoms with Crippen LogP contribution in [0, 0.1) is 5.82 Å². The molecule has 0 aliphatic carbocycles. The van der Waals surface area contributed by atoms with Gasteiger partial charge < -0.3 is 5.73 Å². The van der Waals surface area contributed by atoms with Crippen molar-refractivity contribution in [3.05, 3.63) is 59.5 Å². The van der Waals surface area contributed by atoms with Crippen LogP contribution in [0.2, 0.25) is 0 Å². The molecule has 3 aromatic heterocycles. The fourth-order valence-corrected chi connectivity index (χ4v) is 4.94. The van der Waals surface area contributed by atoms with Gasteiger partial charge in [-0.1, -0.05) is 25.5 Å².